The van der Waals surface area contributed by atoms with E-state index in [-0.39, 0.29) is 47.7 Å². The molecule has 0 radical (unpaired) electrons. The first-order chi connectivity index (χ1) is 13.3. The summed E-state index contributed by atoms with van der Waals surface area (Å²) in [5.74, 6) is -3.31. The minimum absolute atomic E-state index is 0.00780. The third kappa shape index (κ3) is 2.53. The van der Waals surface area contributed by atoms with Crippen LogP contribution in [-0.4, -0.2) is 39.5 Å². The van der Waals surface area contributed by atoms with Crippen LogP contribution in [0.4, 0.5) is 5.69 Å². The number of aryl methyl sites for hydroxylation is 1. The summed E-state index contributed by atoms with van der Waals surface area (Å²) in [6.07, 6.45) is -0.0473. The normalized spacial score (nSPS) is 19.5. The fraction of sp³-hybridized carbons (Fsp3) is 0.278. The van der Waals surface area contributed by atoms with Crippen LogP contribution >= 0.6 is 0 Å². The van der Waals surface area contributed by atoms with Crippen molar-refractivity contribution in [2.75, 3.05) is 5.73 Å². The SMILES string of the molecule is Cc1oc(=O)oc1CN1C(=O)CCC(N2C(=O)c3cccc(N)c3C2=O)C1=O. The molecule has 1 aromatic heterocycles. The molecule has 0 bridgehead atoms. The Kier molecular flexibility index (Phi) is 3.91. The highest BCUT2D eigenvalue weighted by atomic mass is 16.6. The van der Waals surface area contributed by atoms with E-state index < -0.39 is 35.5 Å². The maximum atomic E-state index is 12.9. The first kappa shape index (κ1) is 17.7. The fourth-order valence-corrected chi connectivity index (χ4v) is 3.50. The Balaban J connectivity index is 1.65. The Morgan fingerprint density at radius 3 is 2.50 bits per heavy atom. The molecular weight excluding hydrogens is 370 g/mol. The highest BCUT2D eigenvalue weighted by Crippen LogP contribution is 2.32. The average Bonchev–Trinajstić information content (AvgIpc) is 3.09. The van der Waals surface area contributed by atoms with Gasteiger partial charge in [-0.05, 0) is 25.5 Å². The van der Waals surface area contributed by atoms with Crippen LogP contribution in [0.3, 0.4) is 0 Å². The molecule has 0 aliphatic carbocycles. The van der Waals surface area contributed by atoms with Crippen LogP contribution in [-0.2, 0) is 16.1 Å². The number of hydrogen-bond acceptors (Lipinski definition) is 8. The molecule has 1 aromatic carbocycles. The lowest BCUT2D eigenvalue weighted by Crippen LogP contribution is -2.55. The summed E-state index contributed by atoms with van der Waals surface area (Å²) >= 11 is 0. The number of nitrogen functional groups attached to an aromatic ring is 1. The van der Waals surface area contributed by atoms with Gasteiger partial charge in [-0.15, -0.1) is 0 Å². The Hall–Kier alpha value is -3.69. The van der Waals surface area contributed by atoms with Crippen molar-refractivity contribution in [3.8, 4) is 0 Å². The minimum atomic E-state index is -1.15. The van der Waals surface area contributed by atoms with Crippen LogP contribution in [0.25, 0.3) is 0 Å². The minimum Gasteiger partial charge on any atom is -0.398 e. The van der Waals surface area contributed by atoms with E-state index in [1.54, 1.807) is 6.07 Å². The number of amides is 4. The molecule has 10 nitrogen and oxygen atoms in total. The zero-order valence-corrected chi connectivity index (χ0v) is 14.8. The third-order valence-corrected chi connectivity index (χ3v) is 4.91. The van der Waals surface area contributed by atoms with Crippen molar-refractivity contribution in [1.82, 2.24) is 9.80 Å². The van der Waals surface area contributed by atoms with Crippen LogP contribution in [0.2, 0.25) is 0 Å². The molecule has 2 aromatic rings. The summed E-state index contributed by atoms with van der Waals surface area (Å²) in [6, 6.07) is 3.36. The van der Waals surface area contributed by atoms with Crippen LogP contribution in [0.1, 0.15) is 45.1 Å². The van der Waals surface area contributed by atoms with Crippen molar-refractivity contribution in [3.63, 3.8) is 0 Å². The van der Waals surface area contributed by atoms with E-state index in [1.807, 2.05) is 0 Å². The monoisotopic (exact) mass is 385 g/mol. The number of likely N-dealkylation sites (tertiary alicyclic amines) is 1. The summed E-state index contributed by atoms with van der Waals surface area (Å²) in [7, 11) is 0. The van der Waals surface area contributed by atoms with Crippen molar-refractivity contribution in [3.05, 3.63) is 51.5 Å². The van der Waals surface area contributed by atoms with Crippen molar-refractivity contribution >= 4 is 29.3 Å². The lowest BCUT2D eigenvalue weighted by molar-refractivity contribution is -0.152. The summed E-state index contributed by atoms with van der Waals surface area (Å²) in [5, 5.41) is 0. The molecule has 2 N–H and O–H groups in total. The van der Waals surface area contributed by atoms with E-state index in [0.717, 1.165) is 9.80 Å². The van der Waals surface area contributed by atoms with Gasteiger partial charge in [0, 0.05) is 12.1 Å². The van der Waals surface area contributed by atoms with E-state index in [2.05, 4.69) is 0 Å². The first-order valence-corrected chi connectivity index (χ1v) is 8.49. The summed E-state index contributed by atoms with van der Waals surface area (Å²) < 4.78 is 9.59. The van der Waals surface area contributed by atoms with E-state index in [4.69, 9.17) is 14.6 Å². The molecule has 144 valence electrons. The summed E-state index contributed by atoms with van der Waals surface area (Å²) in [4.78, 5) is 63.6. The second-order valence-electron chi connectivity index (χ2n) is 6.56. The molecule has 1 unspecified atom stereocenters. The van der Waals surface area contributed by atoms with Crippen molar-refractivity contribution in [2.24, 2.45) is 0 Å². The van der Waals surface area contributed by atoms with Gasteiger partial charge in [0.2, 0.25) is 5.91 Å². The molecule has 1 atom stereocenters. The van der Waals surface area contributed by atoms with Gasteiger partial charge >= 0.3 is 5.82 Å². The molecule has 2 aliphatic rings. The van der Waals surface area contributed by atoms with Gasteiger partial charge in [-0.2, -0.15) is 0 Å². The smallest absolute Gasteiger partial charge is 0.398 e. The highest BCUT2D eigenvalue weighted by molar-refractivity contribution is 6.25. The zero-order valence-electron chi connectivity index (χ0n) is 14.8. The molecule has 2 aliphatic heterocycles. The molecule has 1 saturated heterocycles. The largest absolute Gasteiger partial charge is 0.519 e. The van der Waals surface area contributed by atoms with Crippen LogP contribution in [0.15, 0.2) is 31.8 Å². The number of carbonyl (C=O) groups is 4. The van der Waals surface area contributed by atoms with Gasteiger partial charge in [-0.3, -0.25) is 29.0 Å². The van der Waals surface area contributed by atoms with Crippen molar-refractivity contribution in [2.45, 2.75) is 32.4 Å². The number of piperidine rings is 1. The van der Waals surface area contributed by atoms with Crippen LogP contribution in [0.5, 0.6) is 0 Å². The number of benzene rings is 1. The molecule has 28 heavy (non-hydrogen) atoms. The number of nitrogens with zero attached hydrogens (tertiary/aromatic N) is 2. The quantitative estimate of drug-likeness (QED) is 0.592. The predicted molar refractivity (Wildman–Crippen MR) is 91.9 cm³/mol. The van der Waals surface area contributed by atoms with Gasteiger partial charge in [0.1, 0.15) is 11.8 Å². The number of hydrogen-bond donors (Lipinski definition) is 1. The number of nitrogens with two attached hydrogens (primary N) is 1. The van der Waals surface area contributed by atoms with Gasteiger partial charge in [0.05, 0.1) is 17.7 Å². The second-order valence-corrected chi connectivity index (χ2v) is 6.56. The van der Waals surface area contributed by atoms with Crippen molar-refractivity contribution < 1.29 is 28.0 Å². The molecule has 4 amide bonds. The number of fused-ring (bicyclic) bond motifs is 1. The van der Waals surface area contributed by atoms with E-state index in [0.29, 0.717) is 0 Å². The summed E-state index contributed by atoms with van der Waals surface area (Å²) in [5.41, 5.74) is 6.14. The van der Waals surface area contributed by atoms with Gasteiger partial charge in [-0.1, -0.05) is 6.07 Å². The molecule has 3 heterocycles. The number of imide groups is 2. The Morgan fingerprint density at radius 2 is 1.86 bits per heavy atom. The predicted octanol–water partition coefficient (Wildman–Crippen LogP) is 0.437. The molecule has 0 spiro atoms. The third-order valence-electron chi connectivity index (χ3n) is 4.91. The van der Waals surface area contributed by atoms with E-state index >= 15 is 0 Å². The first-order valence-electron chi connectivity index (χ1n) is 8.49. The Bertz CT molecular complexity index is 1100. The molecule has 4 rings (SSSR count). The average molecular weight is 385 g/mol. The maximum Gasteiger partial charge on any atom is 0.519 e. The lowest BCUT2D eigenvalue weighted by Gasteiger charge is -2.34. The Morgan fingerprint density at radius 1 is 1.11 bits per heavy atom. The highest BCUT2D eigenvalue weighted by Gasteiger charge is 2.47. The molecule has 1 fully saturated rings. The van der Waals surface area contributed by atoms with Crippen LogP contribution in [0, 0.1) is 6.92 Å². The molecule has 10 heteroatoms. The van der Waals surface area contributed by atoms with E-state index in [1.165, 1.54) is 19.1 Å². The zero-order chi connectivity index (χ0) is 20.2. The lowest BCUT2D eigenvalue weighted by atomic mass is 10.0. The second kappa shape index (κ2) is 6.19. The van der Waals surface area contributed by atoms with Crippen molar-refractivity contribution in [1.29, 1.82) is 0 Å². The number of anilines is 1. The number of carbonyl (C=O) groups excluding carboxylic acids is 4. The number of rotatable bonds is 3. The Labute approximate surface area is 157 Å². The standard InChI is InChI=1S/C18H15N3O7/c1-8-12(28-18(26)27-8)7-20-13(22)6-5-11(16(20)24)21-15(23)9-3-2-4-10(19)14(9)17(21)25/h2-4,11H,5-7,19H2,1H3. The van der Waals surface area contributed by atoms with E-state index in [9.17, 15) is 24.0 Å². The van der Waals surface area contributed by atoms with Gasteiger partial charge < -0.3 is 14.6 Å². The molecular formula is C18H15N3O7. The van der Waals surface area contributed by atoms with Gasteiger partial charge in [0.15, 0.2) is 5.76 Å². The van der Waals surface area contributed by atoms with Gasteiger partial charge in [0.25, 0.3) is 17.7 Å². The van der Waals surface area contributed by atoms with Crippen LogP contribution < -0.4 is 11.6 Å². The maximum absolute atomic E-state index is 12.9. The fourth-order valence-electron chi connectivity index (χ4n) is 3.50. The van der Waals surface area contributed by atoms with Gasteiger partial charge in [-0.25, -0.2) is 4.79 Å². The topological polar surface area (TPSA) is 144 Å². The molecule has 0 saturated carbocycles. The summed E-state index contributed by atoms with van der Waals surface area (Å²) in [6.45, 7) is 1.14.